The molecule has 1 aromatic carbocycles. The fourth-order valence-electron chi connectivity index (χ4n) is 1.37. The standard InChI is InChI=1S/C11H13N3O3S/c1-8-2-3-10(6-11(8)12)18(15,16)14-7-9-4-5-13-17-9/h2-6,14H,7,12H2,1H3. The molecule has 1 heterocycles. The molecular weight excluding hydrogens is 254 g/mol. The van der Waals surface area contributed by atoms with E-state index in [-0.39, 0.29) is 11.4 Å². The molecule has 0 saturated carbocycles. The fraction of sp³-hybridized carbons (Fsp3) is 0.182. The molecule has 1 aromatic heterocycles. The van der Waals surface area contributed by atoms with Crippen molar-refractivity contribution in [1.29, 1.82) is 0 Å². The molecule has 0 unspecified atom stereocenters. The van der Waals surface area contributed by atoms with Crippen LogP contribution < -0.4 is 10.5 Å². The van der Waals surface area contributed by atoms with Crippen molar-refractivity contribution in [3.05, 3.63) is 41.8 Å². The van der Waals surface area contributed by atoms with Gasteiger partial charge in [0.1, 0.15) is 0 Å². The van der Waals surface area contributed by atoms with E-state index in [1.807, 2.05) is 6.92 Å². The lowest BCUT2D eigenvalue weighted by Gasteiger charge is -2.07. The van der Waals surface area contributed by atoms with Crippen LogP contribution in [0.25, 0.3) is 0 Å². The summed E-state index contributed by atoms with van der Waals surface area (Å²) >= 11 is 0. The molecule has 0 saturated heterocycles. The third kappa shape index (κ3) is 2.69. The van der Waals surface area contributed by atoms with Crippen LogP contribution in [0.5, 0.6) is 0 Å². The zero-order valence-electron chi connectivity index (χ0n) is 9.75. The summed E-state index contributed by atoms with van der Waals surface area (Å²) in [5, 5.41) is 3.49. The molecule has 0 aliphatic rings. The summed E-state index contributed by atoms with van der Waals surface area (Å²) in [7, 11) is -3.59. The van der Waals surface area contributed by atoms with Crippen molar-refractivity contribution in [2.45, 2.75) is 18.4 Å². The van der Waals surface area contributed by atoms with Crippen molar-refractivity contribution in [2.75, 3.05) is 5.73 Å². The van der Waals surface area contributed by atoms with E-state index in [9.17, 15) is 8.42 Å². The zero-order chi connectivity index (χ0) is 13.2. The maximum Gasteiger partial charge on any atom is 0.241 e. The second-order valence-electron chi connectivity index (χ2n) is 3.82. The third-order valence-electron chi connectivity index (χ3n) is 2.49. The number of nitrogens with one attached hydrogen (secondary N) is 1. The van der Waals surface area contributed by atoms with Gasteiger partial charge in [0.05, 0.1) is 17.6 Å². The van der Waals surface area contributed by atoms with Gasteiger partial charge in [0.25, 0.3) is 0 Å². The number of hydrogen-bond acceptors (Lipinski definition) is 5. The van der Waals surface area contributed by atoms with Gasteiger partial charge in [0.2, 0.25) is 10.0 Å². The van der Waals surface area contributed by atoms with Gasteiger partial charge in [0.15, 0.2) is 5.76 Å². The Morgan fingerprint density at radius 1 is 1.39 bits per heavy atom. The molecule has 0 radical (unpaired) electrons. The average molecular weight is 267 g/mol. The highest BCUT2D eigenvalue weighted by Crippen LogP contribution is 2.17. The largest absolute Gasteiger partial charge is 0.398 e. The van der Waals surface area contributed by atoms with Crippen LogP contribution in [0, 0.1) is 6.92 Å². The first kappa shape index (κ1) is 12.6. The number of nitrogens with two attached hydrogens (primary N) is 1. The van der Waals surface area contributed by atoms with E-state index in [1.165, 1.54) is 18.3 Å². The lowest BCUT2D eigenvalue weighted by atomic mass is 10.2. The summed E-state index contributed by atoms with van der Waals surface area (Å²) in [4.78, 5) is 0.130. The number of hydrogen-bond donors (Lipinski definition) is 2. The van der Waals surface area contributed by atoms with E-state index in [2.05, 4.69) is 9.88 Å². The van der Waals surface area contributed by atoms with Gasteiger partial charge in [-0.3, -0.25) is 0 Å². The Balaban J connectivity index is 2.17. The van der Waals surface area contributed by atoms with Crippen LogP contribution in [-0.2, 0) is 16.6 Å². The summed E-state index contributed by atoms with van der Waals surface area (Å²) < 4.78 is 31.1. The normalized spacial score (nSPS) is 11.6. The van der Waals surface area contributed by atoms with E-state index < -0.39 is 10.0 Å². The Morgan fingerprint density at radius 3 is 2.78 bits per heavy atom. The van der Waals surface area contributed by atoms with Gasteiger partial charge in [-0.25, -0.2) is 13.1 Å². The number of sulfonamides is 1. The highest BCUT2D eigenvalue weighted by molar-refractivity contribution is 7.89. The predicted molar refractivity (Wildman–Crippen MR) is 66.1 cm³/mol. The average Bonchev–Trinajstić information content (AvgIpc) is 2.83. The summed E-state index contributed by atoms with van der Waals surface area (Å²) in [6.07, 6.45) is 1.45. The molecule has 96 valence electrons. The smallest absolute Gasteiger partial charge is 0.241 e. The van der Waals surface area contributed by atoms with Crippen LogP contribution in [0.15, 0.2) is 39.9 Å². The second-order valence-corrected chi connectivity index (χ2v) is 5.59. The van der Waals surface area contributed by atoms with Crippen molar-refractivity contribution in [1.82, 2.24) is 9.88 Å². The molecule has 7 heteroatoms. The first-order chi connectivity index (χ1) is 8.49. The number of aryl methyl sites for hydroxylation is 1. The molecule has 0 aliphatic heterocycles. The topological polar surface area (TPSA) is 98.2 Å². The molecule has 0 bridgehead atoms. The highest BCUT2D eigenvalue weighted by atomic mass is 32.2. The van der Waals surface area contributed by atoms with E-state index in [1.54, 1.807) is 12.1 Å². The first-order valence-electron chi connectivity index (χ1n) is 5.24. The maximum absolute atomic E-state index is 12.0. The lowest BCUT2D eigenvalue weighted by molar-refractivity contribution is 0.380. The van der Waals surface area contributed by atoms with E-state index in [4.69, 9.17) is 10.3 Å². The summed E-state index contributed by atoms with van der Waals surface area (Å²) in [5.74, 6) is 0.443. The van der Waals surface area contributed by atoms with E-state index in [0.717, 1.165) is 5.56 Å². The van der Waals surface area contributed by atoms with Gasteiger partial charge in [-0.15, -0.1) is 0 Å². The van der Waals surface area contributed by atoms with Crippen LogP contribution in [0.2, 0.25) is 0 Å². The van der Waals surface area contributed by atoms with Crippen molar-refractivity contribution in [3.8, 4) is 0 Å². The summed E-state index contributed by atoms with van der Waals surface area (Å²) in [5.41, 5.74) is 6.97. The molecule has 0 spiro atoms. The third-order valence-corrected chi connectivity index (χ3v) is 3.89. The Kier molecular flexibility index (Phi) is 3.35. The van der Waals surface area contributed by atoms with Crippen molar-refractivity contribution < 1.29 is 12.9 Å². The number of rotatable bonds is 4. The predicted octanol–water partition coefficient (Wildman–Crippen LogP) is 1.04. The minimum Gasteiger partial charge on any atom is -0.398 e. The SMILES string of the molecule is Cc1ccc(S(=O)(=O)NCc2ccno2)cc1N. The van der Waals surface area contributed by atoms with E-state index in [0.29, 0.717) is 11.4 Å². The van der Waals surface area contributed by atoms with E-state index >= 15 is 0 Å². The molecule has 0 aliphatic carbocycles. The number of aromatic nitrogens is 1. The molecular formula is C11H13N3O3S. The fourth-order valence-corrected chi connectivity index (χ4v) is 2.40. The first-order valence-corrected chi connectivity index (χ1v) is 6.73. The van der Waals surface area contributed by atoms with Crippen LogP contribution in [-0.4, -0.2) is 13.6 Å². The van der Waals surface area contributed by atoms with Crippen molar-refractivity contribution in [3.63, 3.8) is 0 Å². The Hall–Kier alpha value is -1.86. The lowest BCUT2D eigenvalue weighted by Crippen LogP contribution is -2.23. The summed E-state index contributed by atoms with van der Waals surface area (Å²) in [6.45, 7) is 1.86. The molecule has 0 amide bonds. The molecule has 6 nitrogen and oxygen atoms in total. The Labute approximate surface area is 105 Å². The Morgan fingerprint density at radius 2 is 2.17 bits per heavy atom. The van der Waals surface area contributed by atoms with Gasteiger partial charge in [0, 0.05) is 11.8 Å². The van der Waals surface area contributed by atoms with Gasteiger partial charge in [-0.2, -0.15) is 0 Å². The highest BCUT2D eigenvalue weighted by Gasteiger charge is 2.15. The van der Waals surface area contributed by atoms with Gasteiger partial charge >= 0.3 is 0 Å². The number of benzene rings is 1. The van der Waals surface area contributed by atoms with Crippen LogP contribution in [0.3, 0.4) is 0 Å². The molecule has 2 aromatic rings. The van der Waals surface area contributed by atoms with Crippen LogP contribution in [0.1, 0.15) is 11.3 Å². The monoisotopic (exact) mass is 267 g/mol. The quantitative estimate of drug-likeness (QED) is 0.807. The van der Waals surface area contributed by atoms with Gasteiger partial charge < -0.3 is 10.3 Å². The van der Waals surface area contributed by atoms with Crippen LogP contribution in [0.4, 0.5) is 5.69 Å². The zero-order valence-corrected chi connectivity index (χ0v) is 10.6. The minimum absolute atomic E-state index is 0.0517. The maximum atomic E-state index is 12.0. The van der Waals surface area contributed by atoms with Gasteiger partial charge in [-0.05, 0) is 24.6 Å². The summed E-state index contributed by atoms with van der Waals surface area (Å²) in [6, 6.07) is 6.19. The molecule has 0 atom stereocenters. The van der Waals surface area contributed by atoms with Crippen molar-refractivity contribution >= 4 is 15.7 Å². The molecule has 2 rings (SSSR count). The second kappa shape index (κ2) is 4.79. The molecule has 0 fully saturated rings. The minimum atomic E-state index is -3.59. The Bertz CT molecular complexity index is 636. The van der Waals surface area contributed by atoms with Crippen LogP contribution >= 0.6 is 0 Å². The number of anilines is 1. The van der Waals surface area contributed by atoms with Gasteiger partial charge in [-0.1, -0.05) is 11.2 Å². The van der Waals surface area contributed by atoms with Crippen molar-refractivity contribution in [2.24, 2.45) is 0 Å². The molecule has 18 heavy (non-hydrogen) atoms. The number of nitrogens with zero attached hydrogens (tertiary/aromatic N) is 1. The molecule has 3 N–H and O–H groups in total. The number of nitrogen functional groups attached to an aromatic ring is 1.